The number of carbonyl (C=O) groups excluding carboxylic acids is 2. The minimum absolute atomic E-state index is 0.00728. The van der Waals surface area contributed by atoms with Crippen molar-refractivity contribution in [2.24, 2.45) is 0 Å². The summed E-state index contributed by atoms with van der Waals surface area (Å²) in [5, 5.41) is 3.01. The van der Waals surface area contributed by atoms with Gasteiger partial charge in [-0.15, -0.1) is 0 Å². The van der Waals surface area contributed by atoms with E-state index in [2.05, 4.69) is 36.2 Å². The van der Waals surface area contributed by atoms with Gasteiger partial charge in [0.15, 0.2) is 0 Å². The first-order valence-corrected chi connectivity index (χ1v) is 9.81. The second kappa shape index (κ2) is 9.93. The number of anilines is 2. The number of benzene rings is 2. The number of aryl methyl sites for hydroxylation is 2. The van der Waals surface area contributed by atoms with Gasteiger partial charge < -0.3 is 15.1 Å². The van der Waals surface area contributed by atoms with Gasteiger partial charge in [0.1, 0.15) is 0 Å². The number of nitrogens with one attached hydrogen (secondary N) is 1. The lowest BCUT2D eigenvalue weighted by atomic mass is 10.1. The summed E-state index contributed by atoms with van der Waals surface area (Å²) in [6.07, 6.45) is 1.04. The Balaban J connectivity index is 1.93. The monoisotopic (exact) mass is 381 g/mol. The Labute approximate surface area is 168 Å². The highest BCUT2D eigenvalue weighted by Gasteiger charge is 2.10. The van der Waals surface area contributed by atoms with Crippen molar-refractivity contribution in [2.45, 2.75) is 33.6 Å². The minimum atomic E-state index is -0.0204. The topological polar surface area (TPSA) is 52.7 Å². The zero-order valence-corrected chi connectivity index (χ0v) is 17.6. The highest BCUT2D eigenvalue weighted by Crippen LogP contribution is 2.23. The number of amides is 2. The van der Waals surface area contributed by atoms with Crippen LogP contribution in [0.3, 0.4) is 0 Å². The van der Waals surface area contributed by atoms with Crippen molar-refractivity contribution in [1.82, 2.24) is 4.90 Å². The Hall–Kier alpha value is -2.82. The van der Waals surface area contributed by atoms with Gasteiger partial charge in [-0.2, -0.15) is 0 Å². The van der Waals surface area contributed by atoms with Gasteiger partial charge >= 0.3 is 0 Å². The Morgan fingerprint density at radius 2 is 1.61 bits per heavy atom. The van der Waals surface area contributed by atoms with Crippen LogP contribution in [0.25, 0.3) is 0 Å². The highest BCUT2D eigenvalue weighted by atomic mass is 16.2. The second-order valence-electron chi connectivity index (χ2n) is 7.12. The maximum Gasteiger partial charge on any atom is 0.253 e. The third-order valence-electron chi connectivity index (χ3n) is 4.86. The van der Waals surface area contributed by atoms with E-state index in [1.54, 1.807) is 19.0 Å². The summed E-state index contributed by atoms with van der Waals surface area (Å²) in [7, 11) is 3.47. The smallest absolute Gasteiger partial charge is 0.253 e. The quantitative estimate of drug-likeness (QED) is 0.748. The molecule has 0 radical (unpaired) electrons. The van der Waals surface area contributed by atoms with Crippen molar-refractivity contribution in [3.8, 4) is 0 Å². The van der Waals surface area contributed by atoms with Gasteiger partial charge in [-0.3, -0.25) is 9.59 Å². The molecule has 5 heteroatoms. The molecule has 5 nitrogen and oxygen atoms in total. The molecule has 28 heavy (non-hydrogen) atoms. The number of hydrogen-bond donors (Lipinski definition) is 1. The number of rotatable bonds is 8. The Morgan fingerprint density at radius 1 is 0.964 bits per heavy atom. The third kappa shape index (κ3) is 5.59. The van der Waals surface area contributed by atoms with Crippen LogP contribution in [0.1, 0.15) is 41.8 Å². The van der Waals surface area contributed by atoms with Gasteiger partial charge in [0.05, 0.1) is 0 Å². The fourth-order valence-electron chi connectivity index (χ4n) is 3.12. The predicted molar refractivity (Wildman–Crippen MR) is 116 cm³/mol. The van der Waals surface area contributed by atoms with Crippen LogP contribution in [0.2, 0.25) is 0 Å². The van der Waals surface area contributed by atoms with Crippen LogP contribution in [0, 0.1) is 6.92 Å². The van der Waals surface area contributed by atoms with Crippen LogP contribution in [0.4, 0.5) is 11.4 Å². The van der Waals surface area contributed by atoms with E-state index in [1.807, 2.05) is 37.3 Å². The molecule has 2 aromatic rings. The summed E-state index contributed by atoms with van der Waals surface area (Å²) in [6, 6.07) is 13.6. The SMILES string of the molecule is CCN(CC)c1ccc(NC(=O)CCc2ccc(C(=O)N(C)C)cc2)c(C)c1. The van der Waals surface area contributed by atoms with Gasteiger partial charge in [0.2, 0.25) is 5.91 Å². The van der Waals surface area contributed by atoms with Crippen LogP contribution < -0.4 is 10.2 Å². The first-order chi connectivity index (χ1) is 13.3. The van der Waals surface area contributed by atoms with Crippen molar-refractivity contribution in [3.05, 3.63) is 59.2 Å². The molecule has 0 aromatic heterocycles. The standard InChI is InChI=1S/C23H31N3O2/c1-6-26(7-2)20-13-14-21(17(3)16-20)24-22(27)15-10-18-8-11-19(12-9-18)23(28)25(4)5/h8-9,11-14,16H,6-7,10,15H2,1-5H3,(H,24,27). The van der Waals surface area contributed by atoms with Crippen molar-refractivity contribution < 1.29 is 9.59 Å². The van der Waals surface area contributed by atoms with Crippen LogP contribution in [-0.4, -0.2) is 43.9 Å². The largest absolute Gasteiger partial charge is 0.372 e. The maximum atomic E-state index is 12.4. The van der Waals surface area contributed by atoms with Crippen LogP contribution in [-0.2, 0) is 11.2 Å². The number of hydrogen-bond acceptors (Lipinski definition) is 3. The summed E-state index contributed by atoms with van der Waals surface area (Å²) in [4.78, 5) is 28.1. The summed E-state index contributed by atoms with van der Waals surface area (Å²) in [6.45, 7) is 8.21. The molecule has 0 fully saturated rings. The molecule has 0 saturated heterocycles. The zero-order valence-electron chi connectivity index (χ0n) is 17.6. The first-order valence-electron chi connectivity index (χ1n) is 9.81. The molecule has 0 aliphatic heterocycles. The fourth-order valence-corrected chi connectivity index (χ4v) is 3.12. The van der Waals surface area contributed by atoms with E-state index in [-0.39, 0.29) is 11.8 Å². The zero-order chi connectivity index (χ0) is 20.7. The van der Waals surface area contributed by atoms with Crippen LogP contribution >= 0.6 is 0 Å². The third-order valence-corrected chi connectivity index (χ3v) is 4.86. The first kappa shape index (κ1) is 21.5. The van der Waals surface area contributed by atoms with E-state index < -0.39 is 0 Å². The van der Waals surface area contributed by atoms with E-state index in [4.69, 9.17) is 0 Å². The molecular weight excluding hydrogens is 350 g/mol. The number of carbonyl (C=O) groups is 2. The lowest BCUT2D eigenvalue weighted by molar-refractivity contribution is -0.116. The summed E-state index contributed by atoms with van der Waals surface area (Å²) >= 11 is 0. The molecule has 2 amide bonds. The van der Waals surface area contributed by atoms with Crippen LogP contribution in [0.5, 0.6) is 0 Å². The summed E-state index contributed by atoms with van der Waals surface area (Å²) < 4.78 is 0. The van der Waals surface area contributed by atoms with Crippen molar-refractivity contribution in [2.75, 3.05) is 37.4 Å². The lowest BCUT2D eigenvalue weighted by Crippen LogP contribution is -2.22. The van der Waals surface area contributed by atoms with E-state index >= 15 is 0 Å². The van der Waals surface area contributed by atoms with Crippen LogP contribution in [0.15, 0.2) is 42.5 Å². The molecule has 0 atom stereocenters. The van der Waals surface area contributed by atoms with E-state index in [0.29, 0.717) is 18.4 Å². The van der Waals surface area contributed by atoms with Crippen molar-refractivity contribution in [1.29, 1.82) is 0 Å². The molecule has 0 saturated carbocycles. The summed E-state index contributed by atoms with van der Waals surface area (Å²) in [5.74, 6) is -0.0277. The molecule has 0 heterocycles. The molecular formula is C23H31N3O2. The van der Waals surface area contributed by atoms with Gasteiger partial charge in [0.25, 0.3) is 5.91 Å². The Bertz CT molecular complexity index is 809. The predicted octanol–water partition coefficient (Wildman–Crippen LogP) is 4.11. The second-order valence-corrected chi connectivity index (χ2v) is 7.12. The van der Waals surface area contributed by atoms with E-state index in [0.717, 1.165) is 29.9 Å². The number of nitrogens with zero attached hydrogens (tertiary/aromatic N) is 2. The molecule has 0 aliphatic rings. The van der Waals surface area contributed by atoms with Crippen molar-refractivity contribution >= 4 is 23.2 Å². The molecule has 2 rings (SSSR count). The average molecular weight is 382 g/mol. The molecule has 0 unspecified atom stereocenters. The average Bonchev–Trinajstić information content (AvgIpc) is 2.69. The summed E-state index contributed by atoms with van der Waals surface area (Å²) in [5.41, 5.74) is 4.78. The molecule has 150 valence electrons. The van der Waals surface area contributed by atoms with Gasteiger partial charge in [-0.25, -0.2) is 0 Å². The molecule has 2 aromatic carbocycles. The lowest BCUT2D eigenvalue weighted by Gasteiger charge is -2.22. The highest BCUT2D eigenvalue weighted by molar-refractivity contribution is 5.94. The van der Waals surface area contributed by atoms with Gasteiger partial charge in [-0.1, -0.05) is 12.1 Å². The molecule has 0 bridgehead atoms. The molecule has 1 N–H and O–H groups in total. The molecule has 0 aliphatic carbocycles. The Kier molecular flexibility index (Phi) is 7.61. The van der Waals surface area contributed by atoms with Crippen molar-refractivity contribution in [3.63, 3.8) is 0 Å². The fraction of sp³-hybridized carbons (Fsp3) is 0.391. The van der Waals surface area contributed by atoms with Gasteiger partial charge in [-0.05, 0) is 68.7 Å². The van der Waals surface area contributed by atoms with E-state index in [1.165, 1.54) is 5.69 Å². The van der Waals surface area contributed by atoms with Gasteiger partial charge in [0, 0.05) is 50.5 Å². The van der Waals surface area contributed by atoms with E-state index in [9.17, 15) is 9.59 Å². The normalized spacial score (nSPS) is 10.5. The minimum Gasteiger partial charge on any atom is -0.372 e. The Morgan fingerprint density at radius 3 is 2.14 bits per heavy atom. The maximum absolute atomic E-state index is 12.4. The molecule has 0 spiro atoms.